The molecule has 2 aromatic carbocycles. The Morgan fingerprint density at radius 3 is 2.26 bits per heavy atom. The van der Waals surface area contributed by atoms with E-state index in [1.807, 2.05) is 52.0 Å². The largest absolute Gasteiger partial charge is 0.350 e. The molecule has 0 unspecified atom stereocenters. The molecule has 0 bridgehead atoms. The Morgan fingerprint density at radius 2 is 1.74 bits per heavy atom. The molecule has 9 heteroatoms. The van der Waals surface area contributed by atoms with Gasteiger partial charge in [0.05, 0.1) is 11.9 Å². The molecular weight excluding hydrogens is 457 g/mol. The van der Waals surface area contributed by atoms with Crippen molar-refractivity contribution in [3.8, 4) is 0 Å². The lowest BCUT2D eigenvalue weighted by atomic mass is 10.0. The summed E-state index contributed by atoms with van der Waals surface area (Å²) in [6.07, 6.45) is 1.24. The monoisotopic (exact) mass is 491 g/mol. The fraction of sp³-hybridized carbons (Fsp3) is 0.440. The van der Waals surface area contributed by atoms with Crippen molar-refractivity contribution in [1.82, 2.24) is 10.2 Å². The van der Waals surface area contributed by atoms with Gasteiger partial charge in [-0.25, -0.2) is 12.8 Å². The first-order valence-corrected chi connectivity index (χ1v) is 13.0. The number of hydrogen-bond donors (Lipinski definition) is 1. The second kappa shape index (κ2) is 11.0. The fourth-order valence-electron chi connectivity index (χ4n) is 3.63. The van der Waals surface area contributed by atoms with Gasteiger partial charge in [0.1, 0.15) is 18.4 Å². The van der Waals surface area contributed by atoms with Gasteiger partial charge in [-0.1, -0.05) is 48.9 Å². The van der Waals surface area contributed by atoms with E-state index in [0.29, 0.717) is 6.42 Å². The van der Waals surface area contributed by atoms with Gasteiger partial charge >= 0.3 is 0 Å². The maximum atomic E-state index is 14.5. The van der Waals surface area contributed by atoms with Crippen LogP contribution in [0.4, 0.5) is 10.1 Å². The van der Waals surface area contributed by atoms with Crippen LogP contribution in [0.1, 0.15) is 45.2 Å². The summed E-state index contributed by atoms with van der Waals surface area (Å²) in [6.45, 7) is 8.70. The van der Waals surface area contributed by atoms with Crippen molar-refractivity contribution in [3.63, 3.8) is 0 Å². The van der Waals surface area contributed by atoms with Crippen molar-refractivity contribution >= 4 is 27.5 Å². The molecule has 0 radical (unpaired) electrons. The van der Waals surface area contributed by atoms with Gasteiger partial charge in [-0.3, -0.25) is 13.9 Å². The summed E-state index contributed by atoms with van der Waals surface area (Å²) in [5, 5.41) is 2.90. The lowest BCUT2D eigenvalue weighted by Gasteiger charge is -2.34. The third-order valence-electron chi connectivity index (χ3n) is 5.12. The summed E-state index contributed by atoms with van der Waals surface area (Å²) in [6, 6.07) is 12.1. The Morgan fingerprint density at radius 1 is 1.09 bits per heavy atom. The molecule has 34 heavy (non-hydrogen) atoms. The van der Waals surface area contributed by atoms with E-state index in [2.05, 4.69) is 5.32 Å². The van der Waals surface area contributed by atoms with Crippen LogP contribution in [-0.2, 0) is 26.2 Å². The highest BCUT2D eigenvalue weighted by molar-refractivity contribution is 7.92. The molecule has 0 saturated heterocycles. The normalized spacial score (nSPS) is 12.7. The Balaban J connectivity index is 2.48. The van der Waals surface area contributed by atoms with Crippen molar-refractivity contribution < 1.29 is 22.4 Å². The van der Waals surface area contributed by atoms with Gasteiger partial charge < -0.3 is 10.2 Å². The van der Waals surface area contributed by atoms with Crippen LogP contribution in [0.2, 0.25) is 0 Å². The molecule has 1 N–H and O–H groups in total. The summed E-state index contributed by atoms with van der Waals surface area (Å²) in [4.78, 5) is 28.0. The van der Waals surface area contributed by atoms with Crippen LogP contribution in [-0.4, -0.2) is 49.5 Å². The Kier molecular flexibility index (Phi) is 8.83. The van der Waals surface area contributed by atoms with Gasteiger partial charge in [0, 0.05) is 12.1 Å². The lowest BCUT2D eigenvalue weighted by molar-refractivity contribution is -0.141. The minimum Gasteiger partial charge on any atom is -0.350 e. The van der Waals surface area contributed by atoms with E-state index in [-0.39, 0.29) is 18.1 Å². The van der Waals surface area contributed by atoms with Gasteiger partial charge in [0.25, 0.3) is 0 Å². The Labute approximate surface area is 202 Å². The minimum absolute atomic E-state index is 0.103. The Hall–Kier alpha value is -2.94. The Bertz CT molecular complexity index is 1130. The third-order valence-corrected chi connectivity index (χ3v) is 6.25. The van der Waals surface area contributed by atoms with E-state index in [0.717, 1.165) is 27.8 Å². The van der Waals surface area contributed by atoms with Gasteiger partial charge in [-0.15, -0.1) is 0 Å². The van der Waals surface area contributed by atoms with Crippen LogP contribution in [0, 0.1) is 12.7 Å². The van der Waals surface area contributed by atoms with Crippen LogP contribution >= 0.6 is 0 Å². The summed E-state index contributed by atoms with van der Waals surface area (Å²) < 4.78 is 40.2. The number of aryl methyl sites for hydroxylation is 1. The molecule has 0 aliphatic heterocycles. The highest BCUT2D eigenvalue weighted by Crippen LogP contribution is 2.23. The predicted molar refractivity (Wildman–Crippen MR) is 132 cm³/mol. The van der Waals surface area contributed by atoms with Crippen LogP contribution in [0.3, 0.4) is 0 Å². The van der Waals surface area contributed by atoms with Crippen molar-refractivity contribution in [2.24, 2.45) is 0 Å². The molecule has 0 aliphatic carbocycles. The highest BCUT2D eigenvalue weighted by Gasteiger charge is 2.33. The number of carbonyl (C=O) groups excluding carboxylic acids is 2. The van der Waals surface area contributed by atoms with Gasteiger partial charge in [-0.2, -0.15) is 0 Å². The number of nitrogens with zero attached hydrogens (tertiary/aromatic N) is 2. The number of benzene rings is 2. The molecule has 2 aromatic rings. The van der Waals surface area contributed by atoms with Gasteiger partial charge in [0.2, 0.25) is 21.8 Å². The molecule has 0 aliphatic rings. The number of rotatable bonds is 9. The first kappa shape index (κ1) is 27.3. The van der Waals surface area contributed by atoms with E-state index >= 15 is 0 Å². The molecule has 2 amide bonds. The first-order chi connectivity index (χ1) is 15.7. The molecule has 1 atom stereocenters. The van der Waals surface area contributed by atoms with Crippen LogP contribution in [0.5, 0.6) is 0 Å². The summed E-state index contributed by atoms with van der Waals surface area (Å²) in [5.74, 6) is -1.71. The molecule has 186 valence electrons. The number of nitrogens with one attached hydrogen (secondary N) is 1. The molecule has 0 aromatic heterocycles. The average molecular weight is 492 g/mol. The summed E-state index contributed by atoms with van der Waals surface area (Å²) in [7, 11) is -3.98. The lowest BCUT2D eigenvalue weighted by Crippen LogP contribution is -2.55. The number of anilines is 1. The standard InChI is InChI=1S/C25H34FN3O4S/c1-7-21(24(31)27-25(3,4)5)28(16-19-12-10-11-18(2)15-19)23(30)17-29(34(6,32)33)22-14-9-8-13-20(22)26/h8-15,21H,7,16-17H2,1-6H3,(H,27,31)/t21-/m0/s1. The first-order valence-electron chi connectivity index (χ1n) is 11.1. The van der Waals surface area contributed by atoms with E-state index in [4.69, 9.17) is 0 Å². The maximum Gasteiger partial charge on any atom is 0.244 e. The molecule has 0 saturated carbocycles. The molecule has 0 spiro atoms. The zero-order chi connectivity index (χ0) is 25.7. The van der Waals surface area contributed by atoms with Crippen molar-refractivity contribution in [2.45, 2.75) is 59.2 Å². The van der Waals surface area contributed by atoms with E-state index in [9.17, 15) is 22.4 Å². The maximum absolute atomic E-state index is 14.5. The van der Waals surface area contributed by atoms with Crippen LogP contribution in [0.15, 0.2) is 48.5 Å². The van der Waals surface area contributed by atoms with E-state index in [1.165, 1.54) is 23.1 Å². The zero-order valence-electron chi connectivity index (χ0n) is 20.6. The summed E-state index contributed by atoms with van der Waals surface area (Å²) >= 11 is 0. The average Bonchev–Trinajstić information content (AvgIpc) is 2.70. The predicted octanol–water partition coefficient (Wildman–Crippen LogP) is 3.62. The SMILES string of the molecule is CC[C@@H](C(=O)NC(C)(C)C)N(Cc1cccc(C)c1)C(=O)CN(c1ccccc1F)S(C)(=O)=O. The highest BCUT2D eigenvalue weighted by atomic mass is 32.2. The second-order valence-corrected chi connectivity index (χ2v) is 11.3. The van der Waals surface area contributed by atoms with Crippen molar-refractivity contribution in [2.75, 3.05) is 17.1 Å². The summed E-state index contributed by atoms with van der Waals surface area (Å²) in [5.41, 5.74) is 1.04. The molecule has 2 rings (SSSR count). The van der Waals surface area contributed by atoms with Gasteiger partial charge in [-0.05, 0) is 51.8 Å². The number of carbonyl (C=O) groups is 2. The molecule has 7 nitrogen and oxygen atoms in total. The number of sulfonamides is 1. The third kappa shape index (κ3) is 7.55. The molecule has 0 heterocycles. The van der Waals surface area contributed by atoms with E-state index < -0.39 is 39.9 Å². The second-order valence-electron chi connectivity index (χ2n) is 9.40. The number of halogens is 1. The zero-order valence-corrected chi connectivity index (χ0v) is 21.4. The molecular formula is C25H34FN3O4S. The number of para-hydroxylation sites is 1. The van der Waals surface area contributed by atoms with Gasteiger partial charge in [0.15, 0.2) is 0 Å². The fourth-order valence-corrected chi connectivity index (χ4v) is 4.48. The molecule has 0 fully saturated rings. The van der Waals surface area contributed by atoms with Crippen LogP contribution in [0.25, 0.3) is 0 Å². The number of hydrogen-bond acceptors (Lipinski definition) is 4. The van der Waals surface area contributed by atoms with E-state index in [1.54, 1.807) is 6.92 Å². The van der Waals surface area contributed by atoms with Crippen molar-refractivity contribution in [3.05, 3.63) is 65.5 Å². The smallest absolute Gasteiger partial charge is 0.244 e. The minimum atomic E-state index is -3.98. The quantitative estimate of drug-likeness (QED) is 0.581. The topological polar surface area (TPSA) is 86.8 Å². The van der Waals surface area contributed by atoms with Crippen LogP contribution < -0.4 is 9.62 Å². The number of amides is 2. The van der Waals surface area contributed by atoms with Crippen molar-refractivity contribution in [1.29, 1.82) is 0 Å².